The molecule has 0 spiro atoms. The Hall–Kier alpha value is -4.39. The summed E-state index contributed by atoms with van der Waals surface area (Å²) in [5.41, 5.74) is 3.78. The van der Waals surface area contributed by atoms with Crippen LogP contribution in [0.15, 0.2) is 72.8 Å². The number of hydrogen-bond acceptors (Lipinski definition) is 6. The normalized spacial score (nSPS) is 24.0. The quantitative estimate of drug-likeness (QED) is 0.300. The van der Waals surface area contributed by atoms with Crippen LogP contribution in [0.4, 0.5) is 5.69 Å². The molecule has 2 heterocycles. The van der Waals surface area contributed by atoms with E-state index < -0.39 is 35.5 Å². The third kappa shape index (κ3) is 3.53. The predicted octanol–water partition coefficient (Wildman–Crippen LogP) is 4.53. The monoisotopic (exact) mass is 495 g/mol. The van der Waals surface area contributed by atoms with Crippen LogP contribution in [0.1, 0.15) is 22.6 Å². The van der Waals surface area contributed by atoms with Crippen molar-refractivity contribution in [3.8, 4) is 17.2 Å². The fraction of sp³-hybridized carbons (Fsp3) is 0.233. The Labute approximate surface area is 214 Å². The number of rotatable bonds is 4. The summed E-state index contributed by atoms with van der Waals surface area (Å²) in [5, 5.41) is 0. The van der Waals surface area contributed by atoms with E-state index in [9.17, 15) is 14.4 Å². The number of fused-ring (bicyclic) bond motifs is 5. The average molecular weight is 496 g/mol. The number of esters is 1. The molecule has 7 nitrogen and oxygen atoms in total. The highest BCUT2D eigenvalue weighted by molar-refractivity contribution is 6.24. The van der Waals surface area contributed by atoms with Gasteiger partial charge in [0.1, 0.15) is 17.2 Å². The zero-order chi connectivity index (χ0) is 25.8. The molecule has 1 aliphatic carbocycles. The number of hydrogen-bond donors (Lipinski definition) is 0. The molecule has 37 heavy (non-hydrogen) atoms. The molecule has 0 N–H and O–H groups in total. The van der Waals surface area contributed by atoms with Gasteiger partial charge in [-0.1, -0.05) is 30.3 Å². The topological polar surface area (TPSA) is 82.1 Å². The second-order valence-electron chi connectivity index (χ2n) is 9.58. The van der Waals surface area contributed by atoms with Crippen LogP contribution in [-0.4, -0.2) is 32.0 Å². The Kier molecular flexibility index (Phi) is 5.37. The van der Waals surface area contributed by atoms with E-state index in [1.165, 1.54) is 4.90 Å². The van der Waals surface area contributed by atoms with Crippen LogP contribution < -0.4 is 19.1 Å². The lowest BCUT2D eigenvalue weighted by Gasteiger charge is -2.38. The van der Waals surface area contributed by atoms with Gasteiger partial charge < -0.3 is 14.2 Å². The summed E-state index contributed by atoms with van der Waals surface area (Å²) in [6.45, 7) is 1.93. The van der Waals surface area contributed by atoms with Gasteiger partial charge in [0.25, 0.3) is 0 Å². The molecule has 6 rings (SSSR count). The van der Waals surface area contributed by atoms with E-state index in [0.717, 1.165) is 22.3 Å². The Morgan fingerprint density at radius 1 is 0.784 bits per heavy atom. The van der Waals surface area contributed by atoms with Gasteiger partial charge in [0, 0.05) is 11.5 Å². The van der Waals surface area contributed by atoms with Crippen molar-refractivity contribution in [2.45, 2.75) is 12.8 Å². The second kappa shape index (κ2) is 8.62. The standard InChI is InChI=1S/C30H25NO6/c1-16-4-13-21-23-15-22(17-5-9-19(35-2)10-6-17)25-27(26(23)30(34)37-24(21)14-16)29(33)31(28(25)32)18-7-11-20(36-3)12-8-18/h4-15,22,25-27H,1-3H3/t22-,25+,26-,27+/m0/s1. The maximum atomic E-state index is 14.0. The Morgan fingerprint density at radius 3 is 2.05 bits per heavy atom. The van der Waals surface area contributed by atoms with Crippen molar-refractivity contribution in [1.29, 1.82) is 0 Å². The first-order chi connectivity index (χ1) is 17.9. The van der Waals surface area contributed by atoms with Crippen molar-refractivity contribution < 1.29 is 28.6 Å². The van der Waals surface area contributed by atoms with Crippen molar-refractivity contribution in [2.24, 2.45) is 17.8 Å². The van der Waals surface area contributed by atoms with E-state index >= 15 is 0 Å². The molecule has 7 heteroatoms. The van der Waals surface area contributed by atoms with E-state index in [4.69, 9.17) is 14.2 Å². The summed E-state index contributed by atoms with van der Waals surface area (Å²) in [7, 11) is 3.15. The lowest BCUT2D eigenvalue weighted by Crippen LogP contribution is -2.42. The minimum Gasteiger partial charge on any atom is -0.497 e. The van der Waals surface area contributed by atoms with E-state index in [0.29, 0.717) is 22.9 Å². The van der Waals surface area contributed by atoms with E-state index in [2.05, 4.69) is 0 Å². The van der Waals surface area contributed by atoms with Crippen LogP contribution in [0.5, 0.6) is 17.2 Å². The number of aryl methyl sites for hydroxylation is 1. The number of imide groups is 1. The predicted molar refractivity (Wildman–Crippen MR) is 136 cm³/mol. The summed E-state index contributed by atoms with van der Waals surface area (Å²) in [6.07, 6.45) is 1.98. The van der Waals surface area contributed by atoms with Crippen LogP contribution in [0.2, 0.25) is 0 Å². The first kappa shape index (κ1) is 23.0. The van der Waals surface area contributed by atoms with Gasteiger partial charge in [-0.15, -0.1) is 0 Å². The largest absolute Gasteiger partial charge is 0.497 e. The summed E-state index contributed by atoms with van der Waals surface area (Å²) < 4.78 is 16.3. The Morgan fingerprint density at radius 2 is 1.41 bits per heavy atom. The van der Waals surface area contributed by atoms with Gasteiger partial charge in [-0.3, -0.25) is 14.4 Å². The van der Waals surface area contributed by atoms with Gasteiger partial charge in [0.05, 0.1) is 37.7 Å². The van der Waals surface area contributed by atoms with Gasteiger partial charge in [-0.25, -0.2) is 4.90 Å². The maximum absolute atomic E-state index is 14.0. The fourth-order valence-corrected chi connectivity index (χ4v) is 5.81. The molecule has 3 aliphatic rings. The van der Waals surface area contributed by atoms with Gasteiger partial charge >= 0.3 is 5.97 Å². The highest BCUT2D eigenvalue weighted by Gasteiger charge is 2.60. The molecule has 0 bridgehead atoms. The van der Waals surface area contributed by atoms with E-state index in [1.54, 1.807) is 38.5 Å². The molecule has 0 radical (unpaired) electrons. The van der Waals surface area contributed by atoms with Crippen LogP contribution >= 0.6 is 0 Å². The third-order valence-electron chi connectivity index (χ3n) is 7.58. The third-order valence-corrected chi connectivity index (χ3v) is 7.58. The van der Waals surface area contributed by atoms with E-state index in [1.807, 2.05) is 55.5 Å². The number of carbonyl (C=O) groups excluding carboxylic acids is 3. The summed E-state index contributed by atoms with van der Waals surface area (Å²) in [5.74, 6) is -2.38. The number of anilines is 1. The van der Waals surface area contributed by atoms with Crippen molar-refractivity contribution in [3.05, 3.63) is 89.5 Å². The highest BCUT2D eigenvalue weighted by atomic mass is 16.5. The fourth-order valence-electron chi connectivity index (χ4n) is 5.81. The number of benzene rings is 3. The lowest BCUT2D eigenvalue weighted by atomic mass is 9.64. The van der Waals surface area contributed by atoms with Crippen LogP contribution in [-0.2, 0) is 14.4 Å². The number of carbonyl (C=O) groups is 3. The number of amides is 2. The number of methoxy groups -OCH3 is 2. The number of ether oxygens (including phenoxy) is 3. The SMILES string of the molecule is COc1ccc([C@@H]2C=C3c4ccc(C)cc4OC(=O)[C@@H]3[C@@H]3C(=O)N(c4ccc(OC)cc4)C(=O)[C@@H]32)cc1. The van der Waals surface area contributed by atoms with Crippen LogP contribution in [0, 0.1) is 24.7 Å². The average Bonchev–Trinajstić information content (AvgIpc) is 3.18. The molecule has 2 amide bonds. The van der Waals surface area contributed by atoms with Gasteiger partial charge in [-0.05, 0) is 66.1 Å². The van der Waals surface area contributed by atoms with Gasteiger partial charge in [-0.2, -0.15) is 0 Å². The van der Waals surface area contributed by atoms with Gasteiger partial charge in [0.15, 0.2) is 0 Å². The first-order valence-corrected chi connectivity index (χ1v) is 12.1. The molecule has 186 valence electrons. The zero-order valence-electron chi connectivity index (χ0n) is 20.6. The van der Waals surface area contributed by atoms with Crippen molar-refractivity contribution in [1.82, 2.24) is 0 Å². The molecule has 3 aromatic rings. The molecule has 0 unspecified atom stereocenters. The minimum atomic E-state index is -0.886. The molecule has 1 fully saturated rings. The summed E-state index contributed by atoms with van der Waals surface area (Å²) in [6, 6.07) is 20.0. The molecular formula is C30H25NO6. The van der Waals surface area contributed by atoms with E-state index in [-0.39, 0.29) is 5.91 Å². The molecule has 3 aromatic carbocycles. The summed E-state index contributed by atoms with van der Waals surface area (Å²) >= 11 is 0. The Bertz CT molecular complexity index is 1460. The first-order valence-electron chi connectivity index (χ1n) is 12.1. The van der Waals surface area contributed by atoms with Gasteiger partial charge in [0.2, 0.25) is 11.8 Å². The van der Waals surface area contributed by atoms with Crippen molar-refractivity contribution in [3.63, 3.8) is 0 Å². The zero-order valence-corrected chi connectivity index (χ0v) is 20.6. The maximum Gasteiger partial charge on any atom is 0.319 e. The van der Waals surface area contributed by atoms with Crippen molar-refractivity contribution >= 4 is 29.0 Å². The van der Waals surface area contributed by atoms with Crippen molar-refractivity contribution in [2.75, 3.05) is 19.1 Å². The number of allylic oxidation sites excluding steroid dienone is 1. The molecule has 0 saturated carbocycles. The molecule has 4 atom stereocenters. The number of nitrogens with zero attached hydrogens (tertiary/aromatic N) is 1. The minimum absolute atomic E-state index is 0.334. The molecule has 1 saturated heterocycles. The molecule has 2 aliphatic heterocycles. The summed E-state index contributed by atoms with van der Waals surface area (Å²) in [4.78, 5) is 42.5. The van der Waals surface area contributed by atoms with Crippen LogP contribution in [0.3, 0.4) is 0 Å². The smallest absolute Gasteiger partial charge is 0.319 e. The van der Waals surface area contributed by atoms with Crippen LogP contribution in [0.25, 0.3) is 5.57 Å². The molecular weight excluding hydrogens is 470 g/mol. The molecule has 0 aromatic heterocycles. The second-order valence-corrected chi connectivity index (χ2v) is 9.58. The highest BCUT2D eigenvalue weighted by Crippen LogP contribution is 2.54. The Balaban J connectivity index is 1.52. The lowest BCUT2D eigenvalue weighted by molar-refractivity contribution is -0.142.